The highest BCUT2D eigenvalue weighted by Gasteiger charge is 2.36. The molecule has 1 fully saturated rings. The van der Waals surface area contributed by atoms with Crippen LogP contribution in [0.3, 0.4) is 0 Å². The molecule has 1 aliphatic carbocycles. The molecule has 20 heavy (non-hydrogen) atoms. The van der Waals surface area contributed by atoms with Crippen LogP contribution in [0, 0.1) is 23.2 Å². The summed E-state index contributed by atoms with van der Waals surface area (Å²) in [6, 6.07) is 4.14. The zero-order chi connectivity index (χ0) is 14.3. The Morgan fingerprint density at radius 2 is 2.30 bits per heavy atom. The van der Waals surface area contributed by atoms with Gasteiger partial charge in [-0.3, -0.25) is 4.79 Å². The average molecular weight is 271 g/mol. The smallest absolute Gasteiger partial charge is 0.308 e. The van der Waals surface area contributed by atoms with Crippen molar-refractivity contribution in [3.05, 3.63) is 22.9 Å². The van der Waals surface area contributed by atoms with Gasteiger partial charge in [0.05, 0.1) is 11.5 Å². The molecule has 0 radical (unpaired) electrons. The van der Waals surface area contributed by atoms with Crippen LogP contribution in [0.2, 0.25) is 0 Å². The van der Waals surface area contributed by atoms with Crippen LogP contribution in [0.1, 0.15) is 30.2 Å². The van der Waals surface area contributed by atoms with Crippen molar-refractivity contribution in [3.63, 3.8) is 0 Å². The van der Waals surface area contributed by atoms with Gasteiger partial charge >= 0.3 is 5.97 Å². The van der Waals surface area contributed by atoms with Crippen molar-refractivity contribution < 1.29 is 9.90 Å². The predicted molar refractivity (Wildman–Crippen MR) is 73.5 cm³/mol. The van der Waals surface area contributed by atoms with Gasteiger partial charge in [-0.1, -0.05) is 6.92 Å². The molecule has 0 aromatic carbocycles. The number of aryl methyl sites for hydroxylation is 2. The Morgan fingerprint density at radius 3 is 2.95 bits per heavy atom. The van der Waals surface area contributed by atoms with E-state index < -0.39 is 5.97 Å². The lowest BCUT2D eigenvalue weighted by atomic mass is 9.99. The average Bonchev–Trinajstić information content (AvgIpc) is 3.02. The Hall–Kier alpha value is -2.09. The highest BCUT2D eigenvalue weighted by atomic mass is 16.4. The van der Waals surface area contributed by atoms with E-state index in [1.54, 1.807) is 0 Å². The summed E-state index contributed by atoms with van der Waals surface area (Å²) in [4.78, 5) is 17.8. The minimum Gasteiger partial charge on any atom is -0.481 e. The molecule has 0 spiro atoms. The number of nitriles is 1. The number of hydrogen-bond donors (Lipinski definition) is 1. The summed E-state index contributed by atoms with van der Waals surface area (Å²) >= 11 is 0. The van der Waals surface area contributed by atoms with Crippen LogP contribution in [0.4, 0.5) is 5.82 Å². The molecule has 5 nitrogen and oxygen atoms in total. The maximum absolute atomic E-state index is 11.2. The number of carbonyl (C=O) groups is 1. The first-order valence-electron chi connectivity index (χ1n) is 7.00. The number of carboxylic acids is 1. The molecule has 0 saturated carbocycles. The number of carboxylic acid groups (broad SMARTS) is 1. The summed E-state index contributed by atoms with van der Waals surface area (Å²) in [6.07, 6.45) is 3.04. The topological polar surface area (TPSA) is 77.2 Å². The van der Waals surface area contributed by atoms with Crippen molar-refractivity contribution in [1.82, 2.24) is 4.98 Å². The van der Waals surface area contributed by atoms with Crippen molar-refractivity contribution in [3.8, 4) is 6.07 Å². The third-order valence-corrected chi connectivity index (χ3v) is 4.38. The summed E-state index contributed by atoms with van der Waals surface area (Å²) in [7, 11) is 0. The van der Waals surface area contributed by atoms with Crippen LogP contribution >= 0.6 is 0 Å². The van der Waals surface area contributed by atoms with Crippen LogP contribution in [0.15, 0.2) is 6.07 Å². The monoisotopic (exact) mass is 271 g/mol. The zero-order valence-electron chi connectivity index (χ0n) is 11.5. The fourth-order valence-electron chi connectivity index (χ4n) is 3.25. The van der Waals surface area contributed by atoms with Gasteiger partial charge < -0.3 is 10.0 Å². The third kappa shape index (κ3) is 2.01. The minimum absolute atomic E-state index is 0.0779. The van der Waals surface area contributed by atoms with Crippen LogP contribution in [-0.2, 0) is 17.6 Å². The van der Waals surface area contributed by atoms with Gasteiger partial charge in [-0.15, -0.1) is 0 Å². The lowest BCUT2D eigenvalue weighted by Crippen LogP contribution is -2.24. The first kappa shape index (κ1) is 12.9. The maximum atomic E-state index is 11.2. The molecule has 1 saturated heterocycles. The third-order valence-electron chi connectivity index (χ3n) is 4.38. The number of aromatic nitrogens is 1. The van der Waals surface area contributed by atoms with Gasteiger partial charge in [0.1, 0.15) is 11.9 Å². The van der Waals surface area contributed by atoms with Crippen molar-refractivity contribution in [2.24, 2.45) is 11.8 Å². The minimum atomic E-state index is -0.764. The molecule has 5 heteroatoms. The van der Waals surface area contributed by atoms with Crippen LogP contribution in [0.5, 0.6) is 0 Å². The summed E-state index contributed by atoms with van der Waals surface area (Å²) in [5.74, 6) is -0.394. The Kier molecular flexibility index (Phi) is 3.09. The first-order chi connectivity index (χ1) is 9.60. The van der Waals surface area contributed by atoms with Crippen LogP contribution in [0.25, 0.3) is 0 Å². The number of hydrogen-bond acceptors (Lipinski definition) is 4. The molecule has 1 N–H and O–H groups in total. The Balaban J connectivity index is 1.95. The first-order valence-corrected chi connectivity index (χ1v) is 7.00. The highest BCUT2D eigenvalue weighted by molar-refractivity contribution is 5.73. The Morgan fingerprint density at radius 1 is 1.50 bits per heavy atom. The van der Waals surface area contributed by atoms with E-state index in [9.17, 15) is 15.2 Å². The summed E-state index contributed by atoms with van der Waals surface area (Å²) in [5, 5.41) is 18.5. The Labute approximate surface area is 117 Å². The van der Waals surface area contributed by atoms with Crippen molar-refractivity contribution in [2.75, 3.05) is 18.0 Å². The number of rotatable bonds is 2. The van der Waals surface area contributed by atoms with Gasteiger partial charge in [0.15, 0.2) is 0 Å². The number of pyridine rings is 1. The summed E-state index contributed by atoms with van der Waals surface area (Å²) in [5.41, 5.74) is 2.82. The molecule has 0 bridgehead atoms. The van der Waals surface area contributed by atoms with E-state index in [0.29, 0.717) is 24.5 Å². The fraction of sp³-hybridized carbons (Fsp3) is 0.533. The molecule has 3 rings (SSSR count). The lowest BCUT2D eigenvalue weighted by Gasteiger charge is -2.19. The van der Waals surface area contributed by atoms with Crippen molar-refractivity contribution >= 4 is 11.8 Å². The van der Waals surface area contributed by atoms with E-state index in [4.69, 9.17) is 0 Å². The van der Waals surface area contributed by atoms with Crippen LogP contribution < -0.4 is 4.90 Å². The van der Waals surface area contributed by atoms with Gasteiger partial charge in [-0.2, -0.15) is 5.26 Å². The van der Waals surface area contributed by atoms with Gasteiger partial charge in [0, 0.05) is 18.8 Å². The second kappa shape index (κ2) is 4.78. The van der Waals surface area contributed by atoms with Crippen LogP contribution in [-0.4, -0.2) is 29.1 Å². The van der Waals surface area contributed by atoms with E-state index in [2.05, 4.69) is 11.1 Å². The summed E-state index contributed by atoms with van der Waals surface area (Å²) in [6.45, 7) is 3.03. The van der Waals surface area contributed by atoms with Gasteiger partial charge in [-0.25, -0.2) is 4.98 Å². The van der Waals surface area contributed by atoms with Crippen molar-refractivity contribution in [1.29, 1.82) is 5.26 Å². The van der Waals surface area contributed by atoms with E-state index in [0.717, 1.165) is 25.0 Å². The molecule has 1 aromatic heterocycles. The lowest BCUT2D eigenvalue weighted by molar-refractivity contribution is -0.142. The quantitative estimate of drug-likeness (QED) is 0.884. The Bertz CT molecular complexity index is 606. The van der Waals surface area contributed by atoms with E-state index in [1.165, 1.54) is 5.56 Å². The molecule has 2 atom stereocenters. The summed E-state index contributed by atoms with van der Waals surface area (Å²) < 4.78 is 0. The van der Waals surface area contributed by atoms with Crippen molar-refractivity contribution in [2.45, 2.75) is 26.2 Å². The largest absolute Gasteiger partial charge is 0.481 e. The number of fused-ring (bicyclic) bond motifs is 1. The number of aliphatic carboxylic acids is 1. The molecule has 1 aliphatic heterocycles. The molecule has 104 valence electrons. The zero-order valence-corrected chi connectivity index (χ0v) is 11.5. The molecule has 2 heterocycles. The SMILES string of the molecule is C[C@@H]1CN(c2nc3c(cc2C#N)CCC3)C[C@H]1C(=O)O. The second-order valence-corrected chi connectivity index (χ2v) is 5.76. The number of anilines is 1. The standard InChI is InChI=1S/C15H17N3O2/c1-9-7-18(8-12(9)15(19)20)14-11(6-16)5-10-3-2-4-13(10)17-14/h5,9,12H,2-4,7-8H2,1H3,(H,19,20)/t9-,12-/m1/s1. The predicted octanol–water partition coefficient (Wildman–Crippen LogP) is 1.60. The van der Waals surface area contributed by atoms with E-state index in [1.807, 2.05) is 17.9 Å². The molecule has 2 aliphatic rings. The number of nitrogens with zero attached hydrogens (tertiary/aromatic N) is 3. The van der Waals surface area contributed by atoms with E-state index >= 15 is 0 Å². The molecule has 0 amide bonds. The maximum Gasteiger partial charge on any atom is 0.308 e. The normalized spacial score (nSPS) is 24.5. The van der Waals surface area contributed by atoms with Gasteiger partial charge in [0.2, 0.25) is 0 Å². The molecule has 1 aromatic rings. The molecular formula is C15H17N3O2. The highest BCUT2D eigenvalue weighted by Crippen LogP contribution is 2.32. The fourth-order valence-corrected chi connectivity index (χ4v) is 3.25. The molecular weight excluding hydrogens is 254 g/mol. The van der Waals surface area contributed by atoms with Gasteiger partial charge in [-0.05, 0) is 36.8 Å². The molecule has 0 unspecified atom stereocenters. The van der Waals surface area contributed by atoms with E-state index in [-0.39, 0.29) is 11.8 Å². The van der Waals surface area contributed by atoms with Gasteiger partial charge in [0.25, 0.3) is 0 Å². The second-order valence-electron chi connectivity index (χ2n) is 5.76.